The fourth-order valence-electron chi connectivity index (χ4n) is 4.38. The van der Waals surface area contributed by atoms with E-state index in [4.69, 9.17) is 18.9 Å². The molecule has 100 valence electrons. The topological polar surface area (TPSA) is 54.0 Å². The van der Waals surface area contributed by atoms with E-state index in [0.29, 0.717) is 0 Å². The zero-order valence-corrected chi connectivity index (χ0v) is 10.5. The van der Waals surface area contributed by atoms with E-state index in [9.17, 15) is 4.79 Å². The Morgan fingerprint density at radius 2 is 2.17 bits per heavy atom. The maximum absolute atomic E-state index is 11.2. The van der Waals surface area contributed by atoms with E-state index < -0.39 is 6.29 Å². The highest BCUT2D eigenvalue weighted by atomic mass is 16.8. The fraction of sp³-hybridized carbons (Fsp3) is 0.923. The van der Waals surface area contributed by atoms with Crippen LogP contribution in [0, 0.1) is 5.41 Å². The van der Waals surface area contributed by atoms with Crippen LogP contribution in [0.25, 0.3) is 0 Å². The minimum absolute atomic E-state index is 0.0927. The average Bonchev–Trinajstić information content (AvgIpc) is 2.74. The van der Waals surface area contributed by atoms with Gasteiger partial charge in [0.25, 0.3) is 0 Å². The molecule has 1 saturated carbocycles. The first-order valence-corrected chi connectivity index (χ1v) is 6.77. The van der Waals surface area contributed by atoms with Crippen molar-refractivity contribution in [1.82, 2.24) is 0 Å². The largest absolute Gasteiger partial charge is 0.433 e. The smallest absolute Gasteiger partial charge is 0.305 e. The van der Waals surface area contributed by atoms with E-state index in [1.54, 1.807) is 0 Å². The van der Waals surface area contributed by atoms with Gasteiger partial charge >= 0.3 is 5.97 Å². The van der Waals surface area contributed by atoms with Crippen LogP contribution < -0.4 is 0 Å². The van der Waals surface area contributed by atoms with E-state index >= 15 is 0 Å². The van der Waals surface area contributed by atoms with Gasteiger partial charge in [-0.1, -0.05) is 12.8 Å². The first kappa shape index (κ1) is 11.2. The second-order valence-corrected chi connectivity index (χ2v) is 5.97. The molecule has 1 spiro atoms. The number of fused-ring (bicyclic) bond motifs is 1. The molecule has 0 unspecified atom stereocenters. The zero-order valence-electron chi connectivity index (χ0n) is 10.5. The van der Waals surface area contributed by atoms with Crippen LogP contribution >= 0.6 is 0 Å². The van der Waals surface area contributed by atoms with Gasteiger partial charge < -0.3 is 18.9 Å². The molecule has 5 heteroatoms. The molecule has 4 fully saturated rings. The lowest BCUT2D eigenvalue weighted by molar-refractivity contribution is -0.339. The number of carbonyl (C=O) groups is 1. The minimum atomic E-state index is -0.594. The molecule has 4 rings (SSSR count). The lowest BCUT2D eigenvalue weighted by Crippen LogP contribution is -2.58. The van der Waals surface area contributed by atoms with Crippen LogP contribution in [-0.4, -0.2) is 36.9 Å². The van der Waals surface area contributed by atoms with Gasteiger partial charge in [-0.05, 0) is 12.8 Å². The maximum atomic E-state index is 11.2. The molecule has 2 bridgehead atoms. The summed E-state index contributed by atoms with van der Waals surface area (Å²) in [6.07, 6.45) is 4.32. The Kier molecular flexibility index (Phi) is 2.16. The third-order valence-electron chi connectivity index (χ3n) is 5.06. The maximum Gasteiger partial charge on any atom is 0.305 e. The number of rotatable bonds is 1. The third-order valence-corrected chi connectivity index (χ3v) is 5.06. The van der Waals surface area contributed by atoms with E-state index in [0.717, 1.165) is 32.3 Å². The predicted octanol–water partition coefficient (Wildman–Crippen LogP) is 1.35. The molecule has 0 aromatic carbocycles. The standard InChI is InChI=1S/C13H18O5/c1-8(14)16-11-10-13-5-3-2-4-12(13,7-15-10)6-9(17-11)18-13/h9-11H,2-7H2,1H3/t9-,10+,11-,12+,13-/m1/s1. The number of hydrogen-bond acceptors (Lipinski definition) is 5. The normalized spacial score (nSPS) is 53.1. The summed E-state index contributed by atoms with van der Waals surface area (Å²) < 4.78 is 23.1. The fourth-order valence-corrected chi connectivity index (χ4v) is 4.38. The molecule has 4 aliphatic rings. The molecule has 3 saturated heterocycles. The number of hydrogen-bond donors (Lipinski definition) is 0. The van der Waals surface area contributed by atoms with Gasteiger partial charge in [0, 0.05) is 18.8 Å². The highest BCUT2D eigenvalue weighted by molar-refractivity contribution is 5.66. The Balaban J connectivity index is 1.72. The molecule has 18 heavy (non-hydrogen) atoms. The number of esters is 1. The molecule has 0 radical (unpaired) electrons. The van der Waals surface area contributed by atoms with E-state index in [-0.39, 0.29) is 29.4 Å². The van der Waals surface area contributed by atoms with Crippen molar-refractivity contribution in [3.63, 3.8) is 0 Å². The van der Waals surface area contributed by atoms with Gasteiger partial charge in [0.2, 0.25) is 6.29 Å². The minimum Gasteiger partial charge on any atom is -0.433 e. The van der Waals surface area contributed by atoms with Crippen LogP contribution in [0.5, 0.6) is 0 Å². The van der Waals surface area contributed by atoms with Crippen molar-refractivity contribution < 1.29 is 23.7 Å². The molecule has 0 aromatic heterocycles. The van der Waals surface area contributed by atoms with E-state index in [1.165, 1.54) is 13.3 Å². The number of ether oxygens (including phenoxy) is 4. The summed E-state index contributed by atoms with van der Waals surface area (Å²) in [5.74, 6) is -0.324. The zero-order chi connectivity index (χ0) is 12.4. The van der Waals surface area contributed by atoms with Gasteiger partial charge in [0.1, 0.15) is 11.7 Å². The van der Waals surface area contributed by atoms with Crippen molar-refractivity contribution in [3.8, 4) is 0 Å². The SMILES string of the molecule is CC(=O)O[C@@H]1O[C@H]2C[C@]34CCCC[C@@]3(O2)[C@H]1OC4. The van der Waals surface area contributed by atoms with Gasteiger partial charge in [-0.25, -0.2) is 0 Å². The summed E-state index contributed by atoms with van der Waals surface area (Å²) in [4.78, 5) is 11.2. The van der Waals surface area contributed by atoms with Gasteiger partial charge in [0.15, 0.2) is 6.29 Å². The molecule has 3 aliphatic heterocycles. The van der Waals surface area contributed by atoms with Crippen LogP contribution in [-0.2, 0) is 23.7 Å². The lowest BCUT2D eigenvalue weighted by atomic mass is 9.63. The molecule has 0 aromatic rings. The summed E-state index contributed by atoms with van der Waals surface area (Å²) in [5, 5.41) is 0. The van der Waals surface area contributed by atoms with Crippen molar-refractivity contribution >= 4 is 5.97 Å². The monoisotopic (exact) mass is 254 g/mol. The Bertz CT molecular complexity index is 395. The Labute approximate surface area is 106 Å². The second-order valence-electron chi connectivity index (χ2n) is 5.97. The van der Waals surface area contributed by atoms with Crippen molar-refractivity contribution in [2.75, 3.05) is 6.61 Å². The van der Waals surface area contributed by atoms with Crippen molar-refractivity contribution in [2.45, 2.75) is 63.3 Å². The first-order valence-electron chi connectivity index (χ1n) is 6.77. The van der Waals surface area contributed by atoms with Crippen molar-refractivity contribution in [1.29, 1.82) is 0 Å². The quantitative estimate of drug-likeness (QED) is 0.661. The molecule has 5 nitrogen and oxygen atoms in total. The van der Waals surface area contributed by atoms with Crippen molar-refractivity contribution in [3.05, 3.63) is 0 Å². The number of carbonyl (C=O) groups excluding carboxylic acids is 1. The predicted molar refractivity (Wildman–Crippen MR) is 59.5 cm³/mol. The Hall–Kier alpha value is -0.650. The third kappa shape index (κ3) is 1.20. The summed E-state index contributed by atoms with van der Waals surface area (Å²) in [5.41, 5.74) is -0.177. The van der Waals surface area contributed by atoms with Crippen LogP contribution in [0.3, 0.4) is 0 Å². The van der Waals surface area contributed by atoms with E-state index in [1.807, 2.05) is 0 Å². The van der Waals surface area contributed by atoms with Crippen LogP contribution in [0.4, 0.5) is 0 Å². The molecular weight excluding hydrogens is 236 g/mol. The Morgan fingerprint density at radius 1 is 1.33 bits per heavy atom. The van der Waals surface area contributed by atoms with E-state index in [2.05, 4.69) is 0 Å². The molecule has 3 heterocycles. The highest BCUT2D eigenvalue weighted by Gasteiger charge is 2.73. The average molecular weight is 254 g/mol. The molecule has 0 N–H and O–H groups in total. The summed E-state index contributed by atoms with van der Waals surface area (Å²) in [7, 11) is 0. The highest BCUT2D eigenvalue weighted by Crippen LogP contribution is 2.64. The van der Waals surface area contributed by atoms with Crippen LogP contribution in [0.1, 0.15) is 39.0 Å². The lowest BCUT2D eigenvalue weighted by Gasteiger charge is -2.46. The van der Waals surface area contributed by atoms with Crippen LogP contribution in [0.15, 0.2) is 0 Å². The molecule has 5 atom stereocenters. The summed E-state index contributed by atoms with van der Waals surface area (Å²) in [6.45, 7) is 2.12. The first-order chi connectivity index (χ1) is 8.65. The Morgan fingerprint density at radius 3 is 3.00 bits per heavy atom. The molecule has 0 amide bonds. The van der Waals surface area contributed by atoms with Gasteiger partial charge in [-0.2, -0.15) is 0 Å². The summed E-state index contributed by atoms with van der Waals surface area (Å²) in [6, 6.07) is 0. The van der Waals surface area contributed by atoms with Crippen LogP contribution in [0.2, 0.25) is 0 Å². The second kappa shape index (κ2) is 3.46. The van der Waals surface area contributed by atoms with Gasteiger partial charge in [0.05, 0.1) is 6.61 Å². The van der Waals surface area contributed by atoms with Gasteiger partial charge in [-0.3, -0.25) is 4.79 Å². The van der Waals surface area contributed by atoms with Crippen molar-refractivity contribution in [2.24, 2.45) is 5.41 Å². The molecule has 1 aliphatic carbocycles. The molecular formula is C13H18O5. The summed E-state index contributed by atoms with van der Waals surface area (Å²) >= 11 is 0. The van der Waals surface area contributed by atoms with Gasteiger partial charge in [-0.15, -0.1) is 0 Å².